The number of fused-ring (bicyclic) bond motifs is 1. The third-order valence-electron chi connectivity index (χ3n) is 5.70. The Hall–Kier alpha value is -2.02. The van der Waals surface area contributed by atoms with Crippen molar-refractivity contribution in [2.45, 2.75) is 40.2 Å². The number of hydrogen-bond donors (Lipinski definition) is 1. The molecule has 2 unspecified atom stereocenters. The van der Waals surface area contributed by atoms with E-state index in [0.717, 1.165) is 6.42 Å². The van der Waals surface area contributed by atoms with Crippen LogP contribution in [-0.4, -0.2) is 0 Å². The lowest BCUT2D eigenvalue weighted by atomic mass is 9.65. The summed E-state index contributed by atoms with van der Waals surface area (Å²) in [6.07, 6.45) is 8.18. The van der Waals surface area contributed by atoms with Gasteiger partial charge in [0, 0.05) is 16.7 Å². The summed E-state index contributed by atoms with van der Waals surface area (Å²) < 4.78 is 0. The van der Waals surface area contributed by atoms with Gasteiger partial charge in [0.2, 0.25) is 0 Å². The third-order valence-corrected chi connectivity index (χ3v) is 5.70. The third kappa shape index (κ3) is 1.99. The van der Waals surface area contributed by atoms with Crippen LogP contribution in [0.25, 0.3) is 0 Å². The molecular formula is C22H25N. The molecule has 0 spiro atoms. The Morgan fingerprint density at radius 1 is 1.26 bits per heavy atom. The van der Waals surface area contributed by atoms with Crippen LogP contribution in [0.4, 0.5) is 5.69 Å². The minimum absolute atomic E-state index is 0.0227. The Bertz CT molecular complexity index is 801. The first-order valence-corrected chi connectivity index (χ1v) is 8.60. The highest BCUT2D eigenvalue weighted by Gasteiger charge is 2.39. The Morgan fingerprint density at radius 2 is 2.04 bits per heavy atom. The molecule has 1 aromatic rings. The van der Waals surface area contributed by atoms with Crippen LogP contribution in [0.1, 0.15) is 44.4 Å². The number of para-hydroxylation sites is 1. The van der Waals surface area contributed by atoms with Gasteiger partial charge in [0.05, 0.1) is 6.04 Å². The molecule has 3 aliphatic rings. The average molecular weight is 303 g/mol. The van der Waals surface area contributed by atoms with E-state index in [1.165, 1.54) is 39.1 Å². The molecular weight excluding hydrogens is 278 g/mol. The molecule has 0 fully saturated rings. The van der Waals surface area contributed by atoms with E-state index >= 15 is 0 Å². The van der Waals surface area contributed by atoms with Gasteiger partial charge in [0.25, 0.3) is 0 Å². The van der Waals surface area contributed by atoms with Gasteiger partial charge in [0.1, 0.15) is 0 Å². The van der Waals surface area contributed by atoms with Gasteiger partial charge in [-0.3, -0.25) is 0 Å². The highest BCUT2D eigenvalue weighted by atomic mass is 15.0. The van der Waals surface area contributed by atoms with Crippen molar-refractivity contribution in [2.75, 3.05) is 5.32 Å². The first kappa shape index (κ1) is 14.6. The predicted molar refractivity (Wildman–Crippen MR) is 98.5 cm³/mol. The maximum absolute atomic E-state index is 4.44. The maximum atomic E-state index is 4.44. The number of benzene rings is 1. The lowest BCUT2D eigenvalue weighted by molar-refractivity contribution is 0.535. The van der Waals surface area contributed by atoms with E-state index in [9.17, 15) is 0 Å². The van der Waals surface area contributed by atoms with Gasteiger partial charge in [-0.15, -0.1) is 0 Å². The zero-order valence-electron chi connectivity index (χ0n) is 14.5. The van der Waals surface area contributed by atoms with Gasteiger partial charge in [-0.25, -0.2) is 0 Å². The zero-order valence-corrected chi connectivity index (χ0v) is 14.5. The van der Waals surface area contributed by atoms with Gasteiger partial charge in [-0.1, -0.05) is 63.8 Å². The van der Waals surface area contributed by atoms with Crippen molar-refractivity contribution < 1.29 is 0 Å². The average Bonchev–Trinajstić information content (AvgIpc) is 2.46. The molecule has 1 aromatic carbocycles. The quantitative estimate of drug-likeness (QED) is 0.683. The van der Waals surface area contributed by atoms with Crippen LogP contribution >= 0.6 is 0 Å². The molecule has 1 heterocycles. The number of aryl methyl sites for hydroxylation is 1. The van der Waals surface area contributed by atoms with Crippen molar-refractivity contribution in [3.8, 4) is 0 Å². The van der Waals surface area contributed by atoms with E-state index in [-0.39, 0.29) is 5.41 Å². The summed E-state index contributed by atoms with van der Waals surface area (Å²) in [5.74, 6) is 0.558. The molecule has 118 valence electrons. The second-order valence-electron chi connectivity index (χ2n) is 7.78. The molecule has 2 aliphatic carbocycles. The molecule has 0 amide bonds. The normalized spacial score (nSPS) is 27.7. The molecule has 1 heteroatoms. The van der Waals surface area contributed by atoms with Crippen molar-refractivity contribution in [1.82, 2.24) is 0 Å². The predicted octanol–water partition coefficient (Wildman–Crippen LogP) is 5.88. The standard InChI is InChI=1S/C22H25N/c1-13-8-6-10-16-18(12-22(4,5)15(3)19(13)16)21-17-11-7-9-14(2)20(17)23-21/h6-7,9-13,21,23H,3,8H2,1-2,4-5H3. The molecule has 0 aromatic heterocycles. The first-order chi connectivity index (χ1) is 10.9. The van der Waals surface area contributed by atoms with Crippen LogP contribution in [0, 0.1) is 18.3 Å². The molecule has 0 radical (unpaired) electrons. The molecule has 23 heavy (non-hydrogen) atoms. The lowest BCUT2D eigenvalue weighted by Crippen LogP contribution is -2.31. The smallest absolute Gasteiger partial charge is 0.0790 e. The molecule has 1 aliphatic heterocycles. The Balaban J connectivity index is 1.85. The number of rotatable bonds is 1. The highest BCUT2D eigenvalue weighted by Crippen LogP contribution is 2.53. The molecule has 4 rings (SSSR count). The molecule has 0 bridgehead atoms. The van der Waals surface area contributed by atoms with E-state index in [2.05, 4.69) is 76.0 Å². The Labute approximate surface area is 139 Å². The second-order valence-corrected chi connectivity index (χ2v) is 7.78. The van der Waals surface area contributed by atoms with E-state index in [0.29, 0.717) is 12.0 Å². The lowest BCUT2D eigenvalue weighted by Gasteiger charge is -2.43. The van der Waals surface area contributed by atoms with Crippen LogP contribution in [0.15, 0.2) is 65.3 Å². The van der Waals surface area contributed by atoms with Gasteiger partial charge in [-0.05, 0) is 47.1 Å². The van der Waals surface area contributed by atoms with Crippen molar-refractivity contribution in [2.24, 2.45) is 11.3 Å². The fourth-order valence-electron chi connectivity index (χ4n) is 4.23. The van der Waals surface area contributed by atoms with E-state index in [4.69, 9.17) is 0 Å². The monoisotopic (exact) mass is 303 g/mol. The van der Waals surface area contributed by atoms with Crippen molar-refractivity contribution in [3.63, 3.8) is 0 Å². The summed E-state index contributed by atoms with van der Waals surface area (Å²) in [6.45, 7) is 13.5. The number of hydrogen-bond acceptors (Lipinski definition) is 1. The molecule has 0 saturated heterocycles. The molecule has 1 N–H and O–H groups in total. The summed E-state index contributed by atoms with van der Waals surface area (Å²) in [6, 6.07) is 6.93. The van der Waals surface area contributed by atoms with Crippen molar-refractivity contribution in [1.29, 1.82) is 0 Å². The van der Waals surface area contributed by atoms with Crippen LogP contribution in [-0.2, 0) is 0 Å². The SMILES string of the molecule is C=C1C2=C(C=CCC2C)C(C2Nc3c(C)cccc32)=CC1(C)C. The zero-order chi connectivity index (χ0) is 16.4. The van der Waals surface area contributed by atoms with Crippen LogP contribution < -0.4 is 5.32 Å². The van der Waals surface area contributed by atoms with Gasteiger partial charge >= 0.3 is 0 Å². The van der Waals surface area contributed by atoms with E-state index in [1.807, 2.05) is 0 Å². The summed E-state index contributed by atoms with van der Waals surface area (Å²) in [5.41, 5.74) is 9.69. The van der Waals surface area contributed by atoms with E-state index in [1.54, 1.807) is 0 Å². The maximum Gasteiger partial charge on any atom is 0.0790 e. The van der Waals surface area contributed by atoms with Crippen molar-refractivity contribution in [3.05, 3.63) is 76.4 Å². The topological polar surface area (TPSA) is 12.0 Å². The fourth-order valence-corrected chi connectivity index (χ4v) is 4.23. The van der Waals surface area contributed by atoms with E-state index < -0.39 is 0 Å². The van der Waals surface area contributed by atoms with Crippen molar-refractivity contribution >= 4 is 5.69 Å². The fraction of sp³-hybridized carbons (Fsp3) is 0.364. The second kappa shape index (κ2) is 4.74. The summed E-state index contributed by atoms with van der Waals surface area (Å²) >= 11 is 0. The van der Waals surface area contributed by atoms with Gasteiger partial charge in [-0.2, -0.15) is 0 Å². The van der Waals surface area contributed by atoms with Crippen LogP contribution in [0.2, 0.25) is 0 Å². The number of nitrogens with one attached hydrogen (secondary N) is 1. The van der Waals surface area contributed by atoms with Crippen LogP contribution in [0.5, 0.6) is 0 Å². The molecule has 0 saturated carbocycles. The Morgan fingerprint density at radius 3 is 2.83 bits per heavy atom. The minimum Gasteiger partial charge on any atom is -0.374 e. The highest BCUT2D eigenvalue weighted by molar-refractivity contribution is 5.74. The molecule has 2 atom stereocenters. The summed E-state index contributed by atoms with van der Waals surface area (Å²) in [4.78, 5) is 0. The van der Waals surface area contributed by atoms with Gasteiger partial charge in [0.15, 0.2) is 0 Å². The summed E-state index contributed by atoms with van der Waals surface area (Å²) in [7, 11) is 0. The minimum atomic E-state index is 0.0227. The van der Waals surface area contributed by atoms with Gasteiger partial charge < -0.3 is 5.32 Å². The Kier molecular flexibility index (Phi) is 3.00. The number of allylic oxidation sites excluding steroid dienone is 5. The summed E-state index contributed by atoms with van der Waals surface area (Å²) in [5, 5.41) is 3.70. The molecule has 1 nitrogen and oxygen atoms in total. The first-order valence-electron chi connectivity index (χ1n) is 8.60. The number of anilines is 1. The largest absolute Gasteiger partial charge is 0.374 e. The van der Waals surface area contributed by atoms with Crippen LogP contribution in [0.3, 0.4) is 0 Å².